The number of hydrogen-bond acceptors (Lipinski definition) is 2. The first-order valence-electron chi connectivity index (χ1n) is 6.93. The van der Waals surface area contributed by atoms with E-state index in [9.17, 15) is 0 Å². The lowest BCUT2D eigenvalue weighted by Gasteiger charge is -2.17. The molecule has 102 valence electrons. The third-order valence-corrected chi connectivity index (χ3v) is 4.47. The molecule has 0 aliphatic heterocycles. The lowest BCUT2D eigenvalue weighted by Crippen LogP contribution is -2.28. The molecule has 1 heterocycles. The van der Waals surface area contributed by atoms with Gasteiger partial charge in [-0.1, -0.05) is 23.8 Å². The predicted molar refractivity (Wildman–Crippen MR) is 85.1 cm³/mol. The highest BCUT2D eigenvalue weighted by molar-refractivity contribution is 7.07. The summed E-state index contributed by atoms with van der Waals surface area (Å²) in [4.78, 5) is 0. The van der Waals surface area contributed by atoms with E-state index in [0.29, 0.717) is 6.04 Å². The molecule has 1 N–H and O–H groups in total. The third kappa shape index (κ3) is 4.19. The van der Waals surface area contributed by atoms with Crippen LogP contribution >= 0.6 is 11.3 Å². The SMILES string of the molecule is CNC(CCc1ccsc1)Cc1cc(C)ccc1C. The van der Waals surface area contributed by atoms with Crippen LogP contribution in [0.3, 0.4) is 0 Å². The highest BCUT2D eigenvalue weighted by Crippen LogP contribution is 2.16. The van der Waals surface area contributed by atoms with Gasteiger partial charge in [-0.3, -0.25) is 0 Å². The Balaban J connectivity index is 1.96. The van der Waals surface area contributed by atoms with Gasteiger partial charge in [-0.05, 0) is 73.7 Å². The van der Waals surface area contributed by atoms with Crippen LogP contribution < -0.4 is 5.32 Å². The molecule has 0 saturated heterocycles. The number of hydrogen-bond donors (Lipinski definition) is 1. The molecular weight excluding hydrogens is 250 g/mol. The minimum atomic E-state index is 0.556. The van der Waals surface area contributed by atoms with Gasteiger partial charge in [0.15, 0.2) is 0 Å². The first kappa shape index (κ1) is 14.3. The first-order valence-corrected chi connectivity index (χ1v) is 7.88. The second-order valence-corrected chi connectivity index (χ2v) is 6.07. The quantitative estimate of drug-likeness (QED) is 0.834. The van der Waals surface area contributed by atoms with Gasteiger partial charge in [-0.2, -0.15) is 11.3 Å². The molecule has 0 spiro atoms. The molecule has 1 aromatic heterocycles. The van der Waals surface area contributed by atoms with Gasteiger partial charge >= 0.3 is 0 Å². The van der Waals surface area contributed by atoms with Crippen LogP contribution in [-0.2, 0) is 12.8 Å². The van der Waals surface area contributed by atoms with E-state index in [1.54, 1.807) is 11.3 Å². The average Bonchev–Trinajstić information content (AvgIpc) is 2.91. The molecule has 0 bridgehead atoms. The Hall–Kier alpha value is -1.12. The van der Waals surface area contributed by atoms with E-state index in [1.165, 1.54) is 35.1 Å². The zero-order valence-electron chi connectivity index (χ0n) is 12.1. The van der Waals surface area contributed by atoms with Gasteiger partial charge in [-0.15, -0.1) is 0 Å². The standard InChI is InChI=1S/C17H23NS/c1-13-4-5-14(2)16(10-13)11-17(18-3)7-6-15-8-9-19-12-15/h4-5,8-10,12,17-18H,6-7,11H2,1-3H3. The Morgan fingerprint density at radius 1 is 1.21 bits per heavy atom. The average molecular weight is 273 g/mol. The van der Waals surface area contributed by atoms with Crippen molar-refractivity contribution in [2.24, 2.45) is 0 Å². The van der Waals surface area contributed by atoms with Gasteiger partial charge in [0.25, 0.3) is 0 Å². The Morgan fingerprint density at radius 2 is 2.05 bits per heavy atom. The monoisotopic (exact) mass is 273 g/mol. The maximum absolute atomic E-state index is 3.46. The molecule has 1 atom stereocenters. The molecule has 2 heteroatoms. The lowest BCUT2D eigenvalue weighted by atomic mass is 9.96. The van der Waals surface area contributed by atoms with E-state index in [-0.39, 0.29) is 0 Å². The summed E-state index contributed by atoms with van der Waals surface area (Å²) in [7, 11) is 2.07. The highest BCUT2D eigenvalue weighted by atomic mass is 32.1. The Labute approximate surface area is 120 Å². The summed E-state index contributed by atoms with van der Waals surface area (Å²) < 4.78 is 0. The van der Waals surface area contributed by atoms with Crippen LogP contribution in [0.2, 0.25) is 0 Å². The van der Waals surface area contributed by atoms with Crippen molar-refractivity contribution in [2.75, 3.05) is 7.05 Å². The number of benzene rings is 1. The summed E-state index contributed by atoms with van der Waals surface area (Å²) in [6, 6.07) is 9.54. The summed E-state index contributed by atoms with van der Waals surface area (Å²) in [6.45, 7) is 4.38. The van der Waals surface area contributed by atoms with Crippen molar-refractivity contribution in [3.63, 3.8) is 0 Å². The maximum Gasteiger partial charge on any atom is 0.0108 e. The molecule has 0 fully saturated rings. The smallest absolute Gasteiger partial charge is 0.0108 e. The Bertz CT molecular complexity index is 502. The van der Waals surface area contributed by atoms with Crippen LogP contribution in [0.1, 0.15) is 28.7 Å². The Kier molecular flexibility index (Phi) is 5.17. The predicted octanol–water partition coefficient (Wildman–Crippen LogP) is 4.13. The second kappa shape index (κ2) is 6.88. The molecular formula is C17H23NS. The molecule has 2 rings (SSSR count). The fourth-order valence-electron chi connectivity index (χ4n) is 2.41. The van der Waals surface area contributed by atoms with Crippen LogP contribution in [0.5, 0.6) is 0 Å². The molecule has 1 nitrogen and oxygen atoms in total. The van der Waals surface area contributed by atoms with Crippen molar-refractivity contribution in [1.82, 2.24) is 5.32 Å². The summed E-state index contributed by atoms with van der Waals surface area (Å²) in [6.07, 6.45) is 3.48. The minimum absolute atomic E-state index is 0.556. The molecule has 0 amide bonds. The van der Waals surface area contributed by atoms with Gasteiger partial charge < -0.3 is 5.32 Å². The van der Waals surface area contributed by atoms with E-state index < -0.39 is 0 Å². The van der Waals surface area contributed by atoms with Crippen LogP contribution in [0.15, 0.2) is 35.0 Å². The molecule has 1 aromatic carbocycles. The molecule has 2 aromatic rings. The van der Waals surface area contributed by atoms with Crippen molar-refractivity contribution in [3.05, 3.63) is 57.3 Å². The van der Waals surface area contributed by atoms with Crippen molar-refractivity contribution in [2.45, 2.75) is 39.2 Å². The second-order valence-electron chi connectivity index (χ2n) is 5.29. The van der Waals surface area contributed by atoms with E-state index in [0.717, 1.165) is 6.42 Å². The van der Waals surface area contributed by atoms with Crippen LogP contribution in [0, 0.1) is 13.8 Å². The molecule has 0 saturated carbocycles. The van der Waals surface area contributed by atoms with E-state index >= 15 is 0 Å². The van der Waals surface area contributed by atoms with Gasteiger partial charge in [0, 0.05) is 6.04 Å². The highest BCUT2D eigenvalue weighted by Gasteiger charge is 2.09. The fourth-order valence-corrected chi connectivity index (χ4v) is 3.11. The van der Waals surface area contributed by atoms with E-state index in [4.69, 9.17) is 0 Å². The number of likely N-dealkylation sites (N-methyl/N-ethyl adjacent to an activating group) is 1. The first-order chi connectivity index (χ1) is 9.19. The third-order valence-electron chi connectivity index (χ3n) is 3.74. The summed E-state index contributed by atoms with van der Waals surface area (Å²) >= 11 is 1.79. The Morgan fingerprint density at radius 3 is 2.74 bits per heavy atom. The van der Waals surface area contributed by atoms with Crippen molar-refractivity contribution < 1.29 is 0 Å². The number of thiophene rings is 1. The number of aryl methyl sites for hydroxylation is 3. The minimum Gasteiger partial charge on any atom is -0.317 e. The zero-order valence-corrected chi connectivity index (χ0v) is 12.9. The van der Waals surface area contributed by atoms with E-state index in [1.807, 2.05) is 0 Å². The van der Waals surface area contributed by atoms with Crippen LogP contribution in [0.4, 0.5) is 0 Å². The lowest BCUT2D eigenvalue weighted by molar-refractivity contribution is 0.519. The van der Waals surface area contributed by atoms with Crippen LogP contribution in [0.25, 0.3) is 0 Å². The van der Waals surface area contributed by atoms with E-state index in [2.05, 4.69) is 61.2 Å². The molecule has 0 aliphatic rings. The zero-order chi connectivity index (χ0) is 13.7. The maximum atomic E-state index is 3.46. The van der Waals surface area contributed by atoms with Crippen LogP contribution in [-0.4, -0.2) is 13.1 Å². The van der Waals surface area contributed by atoms with Gasteiger partial charge in [0.05, 0.1) is 0 Å². The number of nitrogens with one attached hydrogen (secondary N) is 1. The van der Waals surface area contributed by atoms with Crippen molar-refractivity contribution >= 4 is 11.3 Å². The molecule has 0 aliphatic carbocycles. The summed E-state index contributed by atoms with van der Waals surface area (Å²) in [5.41, 5.74) is 5.70. The largest absolute Gasteiger partial charge is 0.317 e. The topological polar surface area (TPSA) is 12.0 Å². The van der Waals surface area contributed by atoms with Gasteiger partial charge in [0.1, 0.15) is 0 Å². The van der Waals surface area contributed by atoms with Gasteiger partial charge in [0.2, 0.25) is 0 Å². The van der Waals surface area contributed by atoms with Crippen molar-refractivity contribution in [3.8, 4) is 0 Å². The molecule has 1 unspecified atom stereocenters. The summed E-state index contributed by atoms with van der Waals surface area (Å²) in [5.74, 6) is 0. The molecule has 19 heavy (non-hydrogen) atoms. The summed E-state index contributed by atoms with van der Waals surface area (Å²) in [5, 5.41) is 7.88. The fraction of sp³-hybridized carbons (Fsp3) is 0.412. The van der Waals surface area contributed by atoms with Crippen molar-refractivity contribution in [1.29, 1.82) is 0 Å². The normalized spacial score (nSPS) is 12.6. The van der Waals surface area contributed by atoms with Gasteiger partial charge in [-0.25, -0.2) is 0 Å². The number of rotatable bonds is 6. The molecule has 0 radical (unpaired) electrons.